The summed E-state index contributed by atoms with van der Waals surface area (Å²) in [6.07, 6.45) is 0. The van der Waals surface area contributed by atoms with Crippen molar-refractivity contribution in [3.63, 3.8) is 0 Å². The number of halogens is 1. The number of nitrogens with zero attached hydrogens (tertiary/aromatic N) is 2. The van der Waals surface area contributed by atoms with Gasteiger partial charge in [0.05, 0.1) is 5.02 Å². The number of carbonyl (C=O) groups excluding carboxylic acids is 2. The highest BCUT2D eigenvalue weighted by molar-refractivity contribution is 6.33. The van der Waals surface area contributed by atoms with E-state index in [9.17, 15) is 9.59 Å². The molecule has 6 nitrogen and oxygen atoms in total. The Bertz CT molecular complexity index is 1000. The Balaban J connectivity index is 1.70. The fourth-order valence-corrected chi connectivity index (χ4v) is 3.15. The number of amides is 1. The van der Waals surface area contributed by atoms with E-state index in [4.69, 9.17) is 20.9 Å². The van der Waals surface area contributed by atoms with Crippen molar-refractivity contribution in [3.8, 4) is 11.3 Å². The molecule has 0 bridgehead atoms. The Morgan fingerprint density at radius 1 is 1.10 bits per heavy atom. The van der Waals surface area contributed by atoms with Crippen LogP contribution in [0.5, 0.6) is 0 Å². The third kappa shape index (κ3) is 4.84. The Hall–Kier alpha value is -3.12. The minimum absolute atomic E-state index is 0.164. The number of rotatable bonds is 7. The number of esters is 1. The van der Waals surface area contributed by atoms with Crippen LogP contribution in [0.25, 0.3) is 11.3 Å². The molecule has 0 fully saturated rings. The number of benzene rings is 2. The summed E-state index contributed by atoms with van der Waals surface area (Å²) < 4.78 is 10.5. The fourth-order valence-electron chi connectivity index (χ4n) is 2.92. The van der Waals surface area contributed by atoms with Gasteiger partial charge in [-0.3, -0.25) is 4.79 Å². The van der Waals surface area contributed by atoms with Crippen molar-refractivity contribution >= 4 is 23.5 Å². The van der Waals surface area contributed by atoms with Gasteiger partial charge in [-0.1, -0.05) is 65.3 Å². The lowest BCUT2D eigenvalue weighted by atomic mass is 10.1. The fraction of sp³-hybridized carbons (Fsp3) is 0.227. The first-order chi connectivity index (χ1) is 14.0. The first kappa shape index (κ1) is 20.6. The molecule has 1 heterocycles. The van der Waals surface area contributed by atoms with Gasteiger partial charge in [0.1, 0.15) is 17.0 Å². The molecule has 3 aromatic rings. The van der Waals surface area contributed by atoms with Crippen LogP contribution >= 0.6 is 11.6 Å². The van der Waals surface area contributed by atoms with Gasteiger partial charge in [0.2, 0.25) is 0 Å². The Kier molecular flexibility index (Phi) is 6.67. The summed E-state index contributed by atoms with van der Waals surface area (Å²) in [5.74, 6) is -0.658. The topological polar surface area (TPSA) is 72.6 Å². The third-order valence-electron chi connectivity index (χ3n) is 4.47. The molecular weight excluding hydrogens is 392 g/mol. The highest BCUT2D eigenvalue weighted by atomic mass is 35.5. The van der Waals surface area contributed by atoms with Crippen molar-refractivity contribution in [3.05, 3.63) is 76.5 Å². The summed E-state index contributed by atoms with van der Waals surface area (Å²) >= 11 is 6.22. The van der Waals surface area contributed by atoms with Crippen molar-refractivity contribution in [1.29, 1.82) is 0 Å². The van der Waals surface area contributed by atoms with Crippen molar-refractivity contribution in [2.45, 2.75) is 20.4 Å². The van der Waals surface area contributed by atoms with Crippen molar-refractivity contribution in [2.24, 2.45) is 0 Å². The van der Waals surface area contributed by atoms with E-state index < -0.39 is 5.97 Å². The average Bonchev–Trinajstić information content (AvgIpc) is 3.12. The van der Waals surface area contributed by atoms with E-state index in [2.05, 4.69) is 5.16 Å². The first-order valence-corrected chi connectivity index (χ1v) is 9.59. The Morgan fingerprint density at radius 3 is 2.48 bits per heavy atom. The molecule has 150 valence electrons. The highest BCUT2D eigenvalue weighted by Crippen LogP contribution is 2.31. The van der Waals surface area contributed by atoms with Gasteiger partial charge in [0.15, 0.2) is 6.61 Å². The second kappa shape index (κ2) is 9.39. The number of ether oxygens (including phenoxy) is 1. The number of hydrogen-bond acceptors (Lipinski definition) is 5. The molecule has 0 aliphatic carbocycles. The number of aryl methyl sites for hydroxylation is 1. The zero-order chi connectivity index (χ0) is 20.8. The lowest BCUT2D eigenvalue weighted by Crippen LogP contribution is -2.34. The van der Waals surface area contributed by atoms with Crippen molar-refractivity contribution in [2.75, 3.05) is 13.2 Å². The number of aromatic nitrogens is 1. The zero-order valence-electron chi connectivity index (χ0n) is 16.2. The van der Waals surface area contributed by atoms with Gasteiger partial charge >= 0.3 is 5.97 Å². The van der Waals surface area contributed by atoms with E-state index in [1.807, 2.05) is 37.3 Å². The molecule has 0 saturated heterocycles. The first-order valence-electron chi connectivity index (χ1n) is 9.21. The summed E-state index contributed by atoms with van der Waals surface area (Å²) in [7, 11) is 0. The highest BCUT2D eigenvalue weighted by Gasteiger charge is 2.25. The van der Waals surface area contributed by atoms with Crippen molar-refractivity contribution in [1.82, 2.24) is 10.1 Å². The van der Waals surface area contributed by atoms with E-state index in [0.717, 1.165) is 5.56 Å². The predicted molar refractivity (Wildman–Crippen MR) is 110 cm³/mol. The van der Waals surface area contributed by atoms with Crippen LogP contribution < -0.4 is 0 Å². The number of likely N-dealkylation sites (N-methyl/N-ethyl adjacent to an activating group) is 1. The molecule has 0 N–H and O–H groups in total. The molecule has 0 atom stereocenters. The van der Waals surface area contributed by atoms with Crippen LogP contribution in [0.1, 0.15) is 28.6 Å². The Labute approximate surface area is 174 Å². The Morgan fingerprint density at radius 2 is 1.79 bits per heavy atom. The van der Waals surface area contributed by atoms with E-state index in [1.165, 1.54) is 0 Å². The van der Waals surface area contributed by atoms with Gasteiger partial charge in [-0.25, -0.2) is 4.79 Å². The molecule has 7 heteroatoms. The molecule has 3 rings (SSSR count). The summed E-state index contributed by atoms with van der Waals surface area (Å²) in [4.78, 5) is 26.8. The maximum Gasteiger partial charge on any atom is 0.344 e. The second-order valence-corrected chi connectivity index (χ2v) is 6.82. The maximum absolute atomic E-state index is 12.7. The minimum Gasteiger partial charge on any atom is -0.452 e. The monoisotopic (exact) mass is 412 g/mol. The van der Waals surface area contributed by atoms with Crippen LogP contribution in [0.4, 0.5) is 0 Å². The molecule has 0 saturated carbocycles. The molecule has 0 unspecified atom stereocenters. The lowest BCUT2D eigenvalue weighted by Gasteiger charge is -2.20. The molecule has 0 radical (unpaired) electrons. The third-order valence-corrected chi connectivity index (χ3v) is 4.80. The van der Waals surface area contributed by atoms with Gasteiger partial charge in [-0.15, -0.1) is 0 Å². The molecular formula is C22H21ClN2O4. The summed E-state index contributed by atoms with van der Waals surface area (Å²) in [6.45, 7) is 4.07. The van der Waals surface area contributed by atoms with E-state index >= 15 is 0 Å². The molecule has 0 aliphatic heterocycles. The van der Waals surface area contributed by atoms with E-state index in [-0.39, 0.29) is 18.1 Å². The summed E-state index contributed by atoms with van der Waals surface area (Å²) in [6, 6.07) is 16.6. The standard InChI is InChI=1S/C22H21ClN2O4/c1-3-25(13-16-9-5-4-6-10-16)19(26)14-28-22(27)20-15(2)29-24-21(20)17-11-7-8-12-18(17)23/h4-12H,3,13-14H2,1-2H3. The summed E-state index contributed by atoms with van der Waals surface area (Å²) in [5, 5.41) is 4.38. The second-order valence-electron chi connectivity index (χ2n) is 6.41. The van der Waals surface area contributed by atoms with Crippen LogP contribution in [0.2, 0.25) is 5.02 Å². The van der Waals surface area contributed by atoms with Gasteiger partial charge in [0.25, 0.3) is 5.91 Å². The van der Waals surface area contributed by atoms with Crippen molar-refractivity contribution < 1.29 is 18.8 Å². The molecule has 2 aromatic carbocycles. The van der Waals surface area contributed by atoms with Crippen LogP contribution in [0.3, 0.4) is 0 Å². The quantitative estimate of drug-likeness (QED) is 0.534. The van der Waals surface area contributed by atoms with Gasteiger partial charge in [-0.2, -0.15) is 0 Å². The number of carbonyl (C=O) groups is 2. The van der Waals surface area contributed by atoms with E-state index in [0.29, 0.717) is 35.1 Å². The summed E-state index contributed by atoms with van der Waals surface area (Å²) in [5.41, 5.74) is 2.02. The smallest absolute Gasteiger partial charge is 0.344 e. The zero-order valence-corrected chi connectivity index (χ0v) is 17.0. The minimum atomic E-state index is -0.678. The van der Waals surface area contributed by atoms with Gasteiger partial charge in [-0.05, 0) is 25.5 Å². The van der Waals surface area contributed by atoms with Crippen LogP contribution in [-0.2, 0) is 16.1 Å². The largest absolute Gasteiger partial charge is 0.452 e. The SMILES string of the molecule is CCN(Cc1ccccc1)C(=O)COC(=O)c1c(-c2ccccc2Cl)noc1C. The molecule has 0 spiro atoms. The maximum atomic E-state index is 12.7. The normalized spacial score (nSPS) is 10.6. The van der Waals surface area contributed by atoms with Crippen LogP contribution in [0, 0.1) is 6.92 Å². The molecule has 29 heavy (non-hydrogen) atoms. The van der Waals surface area contributed by atoms with Crippen LogP contribution in [0.15, 0.2) is 59.1 Å². The molecule has 1 aromatic heterocycles. The molecule has 1 amide bonds. The van der Waals surface area contributed by atoms with Gasteiger partial charge in [0, 0.05) is 18.7 Å². The lowest BCUT2D eigenvalue weighted by molar-refractivity contribution is -0.134. The van der Waals surface area contributed by atoms with Gasteiger partial charge < -0.3 is 14.2 Å². The van der Waals surface area contributed by atoms with E-state index in [1.54, 1.807) is 36.1 Å². The molecule has 0 aliphatic rings. The van der Waals surface area contributed by atoms with Crippen LogP contribution in [-0.4, -0.2) is 35.1 Å². The average molecular weight is 413 g/mol. The number of hydrogen-bond donors (Lipinski definition) is 0. The predicted octanol–water partition coefficient (Wildman–Crippen LogP) is 4.51.